The van der Waals surface area contributed by atoms with Crippen molar-refractivity contribution in [3.63, 3.8) is 0 Å². The molecule has 51 heteroatoms. The first-order valence-corrected chi connectivity index (χ1v) is 32.1. The van der Waals surface area contributed by atoms with Gasteiger partial charge in [0.1, 0.15) is 171 Å². The van der Waals surface area contributed by atoms with Crippen LogP contribution in [0.2, 0.25) is 0 Å². The maximum Gasteiger partial charge on any atom is 2.00 e. The summed E-state index contributed by atoms with van der Waals surface area (Å²) >= 11 is 0. The number of amides is 4. The fourth-order valence-corrected chi connectivity index (χ4v) is 12.6. The van der Waals surface area contributed by atoms with Crippen molar-refractivity contribution in [2.75, 3.05) is 26.4 Å². The molecule has 0 spiro atoms. The second kappa shape index (κ2) is 39.4. The van der Waals surface area contributed by atoms with Crippen LogP contribution >= 0.6 is 0 Å². The predicted octanol–water partition coefficient (Wildman–Crippen LogP) is -18.9. The Kier molecular flexibility index (Phi) is 33.7. The van der Waals surface area contributed by atoms with E-state index in [2.05, 4.69) is 21.3 Å². The molecule has 0 bridgehead atoms. The third-order valence-electron chi connectivity index (χ3n) is 17.9. The summed E-state index contributed by atoms with van der Waals surface area (Å²) in [6, 6.07) is -6.67. The summed E-state index contributed by atoms with van der Waals surface area (Å²) in [6.45, 7) is 0.190. The molecule has 28 N–H and O–H groups in total. The number of carboxylic acids is 4. The number of nitrogens with one attached hydrogen (secondary N) is 4. The summed E-state index contributed by atoms with van der Waals surface area (Å²) in [5, 5.41) is 257. The Labute approximate surface area is 630 Å². The van der Waals surface area contributed by atoms with Gasteiger partial charge in [-0.3, -0.25) is 19.2 Å². The van der Waals surface area contributed by atoms with Crippen molar-refractivity contribution in [2.45, 2.75) is 273 Å². The molecule has 8 heterocycles. The number of rotatable bonds is 24. The predicted molar refractivity (Wildman–Crippen MR) is 322 cm³/mol. The number of aliphatic hydroxyl groups excluding tert-OH is 20. The number of aliphatic hydroxyl groups is 20. The third-order valence-corrected chi connectivity index (χ3v) is 17.9. The van der Waals surface area contributed by atoms with E-state index in [1.807, 2.05) is 0 Å². The topological polar surface area (TPSA) is 799 Å². The molecular weight excluding hydrogens is 1500 g/mol. The molecule has 8 aliphatic rings. The molecule has 8 rings (SSSR count). The minimum Gasteiger partial charge on any atom is -0.479 e. The van der Waals surface area contributed by atoms with Gasteiger partial charge in [0.25, 0.3) is 0 Å². The van der Waals surface area contributed by atoms with Crippen LogP contribution in [0.15, 0.2) is 0 Å². The molecule has 0 aromatic heterocycles. The maximum atomic E-state index is 12.4. The van der Waals surface area contributed by atoms with Gasteiger partial charge in [-0.15, -0.1) is 0 Å². The van der Waals surface area contributed by atoms with Gasteiger partial charge in [0.05, 0.1) is 26.4 Å². The summed E-state index contributed by atoms with van der Waals surface area (Å²) < 4.78 is 76.2. The minimum absolute atomic E-state index is 0. The van der Waals surface area contributed by atoms with Crippen LogP contribution < -0.4 is 21.3 Å². The van der Waals surface area contributed by atoms with Gasteiger partial charge in [-0.25, -0.2) is 19.2 Å². The van der Waals surface area contributed by atoms with Crippen LogP contribution in [-0.2, 0) is 105 Å². The molecule has 0 unspecified atom stereocenters. The first kappa shape index (κ1) is 91.5. The van der Waals surface area contributed by atoms with Crippen molar-refractivity contribution < 1.29 is 227 Å². The Hall–Kier alpha value is -4.34. The van der Waals surface area contributed by atoms with E-state index in [-0.39, 0.29) is 37.7 Å². The van der Waals surface area contributed by atoms with Crippen LogP contribution in [0.3, 0.4) is 0 Å². The van der Waals surface area contributed by atoms with E-state index in [0.717, 1.165) is 27.7 Å². The molecule has 0 radical (unpaired) electrons. The second-order valence-electron chi connectivity index (χ2n) is 25.4. The zero-order chi connectivity index (χ0) is 79.3. The number of ether oxygens (including phenoxy) is 14. The molecule has 8 fully saturated rings. The monoisotopic (exact) mass is 1590 g/mol. The van der Waals surface area contributed by atoms with Crippen LogP contribution in [0.25, 0.3) is 0 Å². The van der Waals surface area contributed by atoms with Crippen molar-refractivity contribution in [3.05, 3.63) is 0 Å². The van der Waals surface area contributed by atoms with Gasteiger partial charge >= 0.3 is 61.6 Å². The zero-order valence-electron chi connectivity index (χ0n) is 56.3. The van der Waals surface area contributed by atoms with Crippen LogP contribution in [0.4, 0.5) is 0 Å². The van der Waals surface area contributed by atoms with Crippen LogP contribution in [-0.4, -0.2) is 480 Å². The van der Waals surface area contributed by atoms with Crippen LogP contribution in [0.5, 0.6) is 0 Å². The van der Waals surface area contributed by atoms with E-state index in [1.54, 1.807) is 0 Å². The standard InChI is InChI=1S/2C28H44N2O23.Ca/c2*1-5(33)29-9-12(36)18(8(4-32)47-25(9)46)49-28-17(41)15(39)20(22(53-28)24(44)45)51-26-10(30-6(2)34)19(11(35)7(3-31)48-26)50-27-16(40)13(37)14(38)21(52-27)23(42)43;/h2*7-22,25-28,31-32,35-41,46H,3-4H2,1-2H3,(H,29,33)(H,30,34)(H,42,43)(H,44,45);/q;;+2/t2*7-,8-,9-,10-,11-,12-,13+,14+,15-,16-,17-,18-,19-,20+,21+,22+,25-,26+,27-,28-;/m11./s1. The molecule has 0 aromatic carbocycles. The number of hydrogen-bond acceptors (Lipinski definition) is 42. The number of aliphatic carboxylic acids is 4. The van der Waals surface area contributed by atoms with Crippen LogP contribution in [0.1, 0.15) is 27.7 Å². The number of carbonyl (C=O) groups excluding carboxylic acids is 4. The molecule has 4 amide bonds. The summed E-state index contributed by atoms with van der Waals surface area (Å²) in [7, 11) is 0. The van der Waals surface area contributed by atoms with E-state index in [0.29, 0.717) is 0 Å². The van der Waals surface area contributed by atoms with Gasteiger partial charge in [-0.2, -0.15) is 0 Å². The Balaban J connectivity index is 0.000000332. The normalized spacial score (nSPS) is 45.8. The molecule has 50 nitrogen and oxygen atoms in total. The van der Waals surface area contributed by atoms with Gasteiger partial charge in [-0.05, 0) is 0 Å². The van der Waals surface area contributed by atoms with Crippen molar-refractivity contribution in [1.29, 1.82) is 0 Å². The Morgan fingerprint density at radius 3 is 0.766 bits per heavy atom. The number of hydrogen-bond donors (Lipinski definition) is 28. The molecule has 0 saturated carbocycles. The van der Waals surface area contributed by atoms with E-state index in [4.69, 9.17) is 66.3 Å². The Morgan fingerprint density at radius 1 is 0.262 bits per heavy atom. The van der Waals surface area contributed by atoms with E-state index in [9.17, 15) is 161 Å². The summed E-state index contributed by atoms with van der Waals surface area (Å²) in [5.74, 6) is -10.5. The Morgan fingerprint density at radius 2 is 0.505 bits per heavy atom. The van der Waals surface area contributed by atoms with E-state index >= 15 is 0 Å². The van der Waals surface area contributed by atoms with Crippen molar-refractivity contribution in [2.24, 2.45) is 0 Å². The van der Waals surface area contributed by atoms with Crippen molar-refractivity contribution in [1.82, 2.24) is 21.3 Å². The van der Waals surface area contributed by atoms with E-state index in [1.165, 1.54) is 0 Å². The van der Waals surface area contributed by atoms with Crippen molar-refractivity contribution >= 4 is 85.2 Å². The molecule has 40 atom stereocenters. The van der Waals surface area contributed by atoms with Gasteiger partial charge in [0.2, 0.25) is 23.6 Å². The van der Waals surface area contributed by atoms with E-state index < -0.39 is 319 Å². The molecule has 0 aromatic rings. The van der Waals surface area contributed by atoms with Gasteiger partial charge in [-0.1, -0.05) is 0 Å². The van der Waals surface area contributed by atoms with Gasteiger partial charge in [0.15, 0.2) is 74.7 Å². The average molecular weight is 1590 g/mol. The minimum atomic E-state index is -2.29. The smallest absolute Gasteiger partial charge is 0.479 e. The quantitative estimate of drug-likeness (QED) is 0.0399. The summed E-state index contributed by atoms with van der Waals surface area (Å²) in [6.07, 6.45) is -72.9. The average Bonchev–Trinajstić information content (AvgIpc) is 0.770. The maximum absolute atomic E-state index is 12.4. The summed E-state index contributed by atoms with van der Waals surface area (Å²) in [4.78, 5) is 95.9. The number of carbonyl (C=O) groups is 8. The molecule has 0 aliphatic carbocycles. The second-order valence-corrected chi connectivity index (χ2v) is 25.4. The van der Waals surface area contributed by atoms with Gasteiger partial charge < -0.3 is 210 Å². The van der Waals surface area contributed by atoms with Crippen molar-refractivity contribution in [3.8, 4) is 0 Å². The first-order chi connectivity index (χ1) is 49.6. The third kappa shape index (κ3) is 20.9. The fourth-order valence-electron chi connectivity index (χ4n) is 12.6. The Bertz CT molecular complexity index is 2790. The number of carboxylic acid groups (broad SMARTS) is 4. The molecule has 8 saturated heterocycles. The first-order valence-electron chi connectivity index (χ1n) is 32.1. The molecular formula is C56H88CaN4O46+2. The molecule has 608 valence electrons. The molecule has 8 aliphatic heterocycles. The van der Waals surface area contributed by atoms with Crippen LogP contribution in [0, 0.1) is 0 Å². The SMILES string of the molecule is CC(=O)N[C@@H]1[C@@H](O)[C@H](O[C@@H]2O[C@H](C(=O)O)[C@@H](O[C@@H]3O[C@H](CO)[C@@H](O)[C@H](O[C@@H]4O[C@H](C(=O)O)[C@@H](O)[C@H](O)[C@H]4O)[C@H]3NC(C)=O)[C@H](O)[C@H]2O)[C@@H](CO)O[C@H]1O.CC(=O)N[C@@H]1[C@@H](O)[C@H](O[C@@H]2O[C@H](C(=O)O)[C@@H](O[C@@H]3O[C@H](CO)[C@@H](O)[C@H](O[C@@H]4O[C@H](C(=O)O)[C@@H](O)[C@H](O)[C@H]4O)[C@H]3NC(C)=O)[C@H](O)[C@H]2O)[C@@H](CO)O[C@H]1O.[Ca+2]. The molecule has 107 heavy (non-hydrogen) atoms. The zero-order valence-corrected chi connectivity index (χ0v) is 58.6. The fraction of sp³-hybridized carbons (Fsp3) is 0.857. The largest absolute Gasteiger partial charge is 2.00 e. The van der Waals surface area contributed by atoms with Gasteiger partial charge in [0, 0.05) is 27.7 Å². The summed E-state index contributed by atoms with van der Waals surface area (Å²) in [5.41, 5.74) is 0.